The molecule has 1 aromatic carbocycles. The number of likely N-dealkylation sites (tertiary alicyclic amines) is 1. The third-order valence-electron chi connectivity index (χ3n) is 4.32. The summed E-state index contributed by atoms with van der Waals surface area (Å²) >= 11 is 0. The van der Waals surface area contributed by atoms with E-state index >= 15 is 0 Å². The second-order valence-corrected chi connectivity index (χ2v) is 7.60. The van der Waals surface area contributed by atoms with Gasteiger partial charge in [-0.2, -0.15) is 0 Å². The molecule has 23 heavy (non-hydrogen) atoms. The number of carbonyl (C=O) groups is 1. The van der Waals surface area contributed by atoms with Crippen LogP contribution in [0.15, 0.2) is 30.3 Å². The van der Waals surface area contributed by atoms with E-state index in [-0.39, 0.29) is 6.09 Å². The zero-order valence-electron chi connectivity index (χ0n) is 15.0. The van der Waals surface area contributed by atoms with Crippen molar-refractivity contribution in [2.45, 2.75) is 58.7 Å². The molecule has 1 heterocycles. The van der Waals surface area contributed by atoms with Gasteiger partial charge in [-0.25, -0.2) is 4.79 Å². The first-order chi connectivity index (χ1) is 10.8. The molecule has 1 fully saturated rings. The van der Waals surface area contributed by atoms with Crippen LogP contribution in [-0.4, -0.2) is 35.7 Å². The molecule has 1 N–H and O–H groups in total. The highest BCUT2D eigenvalue weighted by Gasteiger charge is 2.31. The van der Waals surface area contributed by atoms with Crippen LogP contribution in [0.4, 0.5) is 4.79 Å². The van der Waals surface area contributed by atoms with Gasteiger partial charge in [0.2, 0.25) is 0 Å². The first kappa shape index (κ1) is 17.8. The molecule has 1 unspecified atom stereocenters. The number of nitrogens with one attached hydrogen (secondary N) is 1. The van der Waals surface area contributed by atoms with Gasteiger partial charge in [-0.3, -0.25) is 0 Å². The Bertz CT molecular complexity index is 510. The normalized spacial score (nSPS) is 23.4. The lowest BCUT2D eigenvalue weighted by atomic mass is 9.92. The number of ether oxygens (including phenoxy) is 1. The van der Waals surface area contributed by atoms with Gasteiger partial charge in [0.05, 0.1) is 0 Å². The van der Waals surface area contributed by atoms with E-state index < -0.39 is 5.60 Å². The van der Waals surface area contributed by atoms with Gasteiger partial charge in [0.15, 0.2) is 0 Å². The molecule has 3 atom stereocenters. The van der Waals surface area contributed by atoms with Gasteiger partial charge in [0.25, 0.3) is 0 Å². The summed E-state index contributed by atoms with van der Waals surface area (Å²) in [6.45, 7) is 11.6. The van der Waals surface area contributed by atoms with Crippen molar-refractivity contribution in [3.63, 3.8) is 0 Å². The predicted molar refractivity (Wildman–Crippen MR) is 93.4 cm³/mol. The molecule has 0 bridgehead atoms. The average Bonchev–Trinajstić information content (AvgIpc) is 2.48. The molecule has 2 rings (SSSR count). The molecule has 4 heteroatoms. The number of benzene rings is 1. The molecule has 128 valence electrons. The fraction of sp³-hybridized carbons (Fsp3) is 0.632. The van der Waals surface area contributed by atoms with Crippen molar-refractivity contribution < 1.29 is 9.53 Å². The highest BCUT2D eigenvalue weighted by Crippen LogP contribution is 2.22. The van der Waals surface area contributed by atoms with Crippen molar-refractivity contribution >= 4 is 6.09 Å². The van der Waals surface area contributed by atoms with Crippen LogP contribution in [0.1, 0.15) is 52.6 Å². The van der Waals surface area contributed by atoms with Crippen LogP contribution in [0.5, 0.6) is 0 Å². The van der Waals surface area contributed by atoms with Crippen molar-refractivity contribution in [1.82, 2.24) is 10.2 Å². The molecular formula is C19H30N2O2. The number of nitrogens with zero attached hydrogens (tertiary/aromatic N) is 1. The summed E-state index contributed by atoms with van der Waals surface area (Å²) in [5.41, 5.74) is 0.867. The Hall–Kier alpha value is -1.55. The summed E-state index contributed by atoms with van der Waals surface area (Å²) in [5.74, 6) is 0.405. The van der Waals surface area contributed by atoms with Crippen LogP contribution >= 0.6 is 0 Å². The van der Waals surface area contributed by atoms with E-state index in [1.807, 2.05) is 31.7 Å². The molecule has 1 aromatic rings. The maximum atomic E-state index is 12.2. The molecule has 1 saturated heterocycles. The minimum atomic E-state index is -0.433. The molecule has 0 spiro atoms. The molecule has 0 saturated carbocycles. The van der Waals surface area contributed by atoms with Crippen LogP contribution in [0, 0.1) is 5.92 Å². The molecule has 1 amide bonds. The summed E-state index contributed by atoms with van der Waals surface area (Å²) < 4.78 is 5.48. The Morgan fingerprint density at radius 2 is 1.96 bits per heavy atom. The topological polar surface area (TPSA) is 41.6 Å². The minimum Gasteiger partial charge on any atom is -0.444 e. The molecular weight excluding hydrogens is 288 g/mol. The summed E-state index contributed by atoms with van der Waals surface area (Å²) in [7, 11) is 0. The van der Waals surface area contributed by atoms with Crippen molar-refractivity contribution in [1.29, 1.82) is 0 Å². The summed E-state index contributed by atoms with van der Waals surface area (Å²) in [5, 5.41) is 3.71. The zero-order valence-corrected chi connectivity index (χ0v) is 15.0. The molecule has 1 aliphatic rings. The largest absolute Gasteiger partial charge is 0.444 e. The smallest absolute Gasteiger partial charge is 0.410 e. The van der Waals surface area contributed by atoms with E-state index in [9.17, 15) is 4.79 Å². The van der Waals surface area contributed by atoms with Crippen molar-refractivity contribution in [2.75, 3.05) is 13.1 Å². The van der Waals surface area contributed by atoms with E-state index in [1.165, 1.54) is 5.56 Å². The van der Waals surface area contributed by atoms with E-state index in [4.69, 9.17) is 4.74 Å². The van der Waals surface area contributed by atoms with E-state index in [2.05, 4.69) is 43.4 Å². The van der Waals surface area contributed by atoms with Crippen LogP contribution in [0.2, 0.25) is 0 Å². The predicted octanol–water partition coefficient (Wildman–Crippen LogP) is 3.98. The van der Waals surface area contributed by atoms with Gasteiger partial charge in [0.1, 0.15) is 5.60 Å². The third-order valence-corrected chi connectivity index (χ3v) is 4.32. The van der Waals surface area contributed by atoms with E-state index in [0.717, 1.165) is 19.5 Å². The maximum absolute atomic E-state index is 12.2. The fourth-order valence-corrected chi connectivity index (χ4v) is 3.04. The maximum Gasteiger partial charge on any atom is 0.410 e. The monoisotopic (exact) mass is 318 g/mol. The number of amides is 1. The number of hydrogen-bond donors (Lipinski definition) is 1. The quantitative estimate of drug-likeness (QED) is 0.916. The first-order valence-electron chi connectivity index (χ1n) is 8.55. The van der Waals surface area contributed by atoms with E-state index in [1.54, 1.807) is 0 Å². The SMILES string of the molecule is CC(N[C@H]1CCN(C(=O)OC(C)(C)C)C[C@@H]1C)c1ccccc1. The standard InChI is InChI=1S/C19H30N2O2/c1-14-13-21(18(22)23-19(3,4)5)12-11-17(14)20-15(2)16-9-7-6-8-10-16/h6-10,14-15,17,20H,11-13H2,1-5H3/t14-,15?,17-/m0/s1. The van der Waals surface area contributed by atoms with Crippen LogP contribution in [-0.2, 0) is 4.74 Å². The lowest BCUT2D eigenvalue weighted by Crippen LogP contribution is -2.51. The number of rotatable bonds is 3. The molecule has 0 radical (unpaired) electrons. The van der Waals surface area contributed by atoms with Gasteiger partial charge < -0.3 is 15.0 Å². The Balaban J connectivity index is 1.88. The fourth-order valence-electron chi connectivity index (χ4n) is 3.04. The second kappa shape index (κ2) is 7.35. The summed E-state index contributed by atoms with van der Waals surface area (Å²) in [6, 6.07) is 11.2. The van der Waals surface area contributed by atoms with Crippen LogP contribution < -0.4 is 5.32 Å². The number of piperidine rings is 1. The second-order valence-electron chi connectivity index (χ2n) is 7.60. The summed E-state index contributed by atoms with van der Waals surface area (Å²) in [6.07, 6.45) is 0.760. The van der Waals surface area contributed by atoms with Gasteiger partial charge in [-0.1, -0.05) is 37.3 Å². The Labute approximate surface area is 140 Å². The zero-order chi connectivity index (χ0) is 17.0. The van der Waals surface area contributed by atoms with Gasteiger partial charge in [-0.05, 0) is 45.6 Å². The van der Waals surface area contributed by atoms with Gasteiger partial charge >= 0.3 is 6.09 Å². The average molecular weight is 318 g/mol. The minimum absolute atomic E-state index is 0.195. The number of carbonyl (C=O) groups excluding carboxylic acids is 1. The van der Waals surface area contributed by atoms with Gasteiger partial charge in [-0.15, -0.1) is 0 Å². The Morgan fingerprint density at radius 1 is 1.30 bits per heavy atom. The third kappa shape index (κ3) is 5.24. The Kier molecular flexibility index (Phi) is 5.69. The molecule has 4 nitrogen and oxygen atoms in total. The highest BCUT2D eigenvalue weighted by atomic mass is 16.6. The van der Waals surface area contributed by atoms with Gasteiger partial charge in [0, 0.05) is 25.2 Å². The number of hydrogen-bond acceptors (Lipinski definition) is 3. The van der Waals surface area contributed by atoms with Crippen molar-refractivity contribution in [2.24, 2.45) is 5.92 Å². The first-order valence-corrected chi connectivity index (χ1v) is 8.55. The highest BCUT2D eigenvalue weighted by molar-refractivity contribution is 5.68. The van der Waals surface area contributed by atoms with Crippen LogP contribution in [0.25, 0.3) is 0 Å². The van der Waals surface area contributed by atoms with E-state index in [0.29, 0.717) is 18.0 Å². The summed E-state index contributed by atoms with van der Waals surface area (Å²) in [4.78, 5) is 14.0. The van der Waals surface area contributed by atoms with Crippen LogP contribution in [0.3, 0.4) is 0 Å². The lowest BCUT2D eigenvalue weighted by Gasteiger charge is -2.39. The molecule has 1 aliphatic heterocycles. The Morgan fingerprint density at radius 3 is 2.52 bits per heavy atom. The van der Waals surface area contributed by atoms with Crippen molar-refractivity contribution in [3.8, 4) is 0 Å². The molecule has 0 aliphatic carbocycles. The van der Waals surface area contributed by atoms with Crippen molar-refractivity contribution in [3.05, 3.63) is 35.9 Å². The lowest BCUT2D eigenvalue weighted by molar-refractivity contribution is 0.0139. The molecule has 0 aromatic heterocycles.